The molecule has 0 spiro atoms. The molecule has 3 rings (SSSR count). The molecule has 1 aliphatic heterocycles. The minimum absolute atomic E-state index is 0.0457. The maximum Gasteiger partial charge on any atom is 0.234 e. The van der Waals surface area contributed by atoms with Gasteiger partial charge in [-0.15, -0.1) is 5.10 Å². The number of benzene rings is 1. The number of carbonyl (C=O) groups excluding carboxylic acids is 1. The first kappa shape index (κ1) is 22.8. The fraction of sp³-hybridized carbons (Fsp3) is 0.550. The van der Waals surface area contributed by atoms with Crippen molar-refractivity contribution >= 4 is 40.3 Å². The number of ether oxygens (including phenoxy) is 1. The van der Waals surface area contributed by atoms with E-state index in [0.29, 0.717) is 26.4 Å². The number of hydrogen-bond donors (Lipinski definition) is 2. The average Bonchev–Trinajstić information content (AvgIpc) is 3.06. The second-order valence-corrected chi connectivity index (χ2v) is 9.05. The number of rotatable bonds is 9. The second-order valence-electron chi connectivity index (χ2n) is 7.42. The molecule has 0 radical (unpaired) electrons. The molecular formula is C20H30N6O2S2. The van der Waals surface area contributed by atoms with Gasteiger partial charge in [-0.2, -0.15) is 0 Å². The number of carbonyl (C=O) groups is 1. The maximum atomic E-state index is 11.9. The van der Waals surface area contributed by atoms with Gasteiger partial charge in [0.1, 0.15) is 0 Å². The summed E-state index contributed by atoms with van der Waals surface area (Å²) < 4.78 is 7.58. The Labute approximate surface area is 186 Å². The maximum absolute atomic E-state index is 11.9. The summed E-state index contributed by atoms with van der Waals surface area (Å²) in [5.74, 6) is 0.0457. The van der Waals surface area contributed by atoms with Gasteiger partial charge < -0.3 is 15.4 Å². The van der Waals surface area contributed by atoms with Gasteiger partial charge in [-0.25, -0.2) is 4.68 Å². The van der Waals surface area contributed by atoms with E-state index in [1.807, 2.05) is 10.7 Å². The number of anilines is 2. The summed E-state index contributed by atoms with van der Waals surface area (Å²) >= 11 is 7.01. The summed E-state index contributed by atoms with van der Waals surface area (Å²) in [7, 11) is 1.63. The second kappa shape index (κ2) is 11.0. The van der Waals surface area contributed by atoms with E-state index in [4.69, 9.17) is 17.0 Å². The van der Waals surface area contributed by atoms with Crippen molar-refractivity contribution in [1.29, 1.82) is 0 Å². The highest BCUT2D eigenvalue weighted by atomic mass is 32.1. The van der Waals surface area contributed by atoms with Crippen LogP contribution in [0, 0.1) is 17.8 Å². The Kier molecular flexibility index (Phi) is 8.34. The van der Waals surface area contributed by atoms with Gasteiger partial charge in [0.15, 0.2) is 3.95 Å². The van der Waals surface area contributed by atoms with Crippen molar-refractivity contribution in [3.8, 4) is 0 Å². The van der Waals surface area contributed by atoms with Gasteiger partial charge in [-0.1, -0.05) is 23.5 Å². The van der Waals surface area contributed by atoms with E-state index in [0.717, 1.165) is 41.0 Å². The van der Waals surface area contributed by atoms with Gasteiger partial charge in [0, 0.05) is 45.5 Å². The molecule has 0 saturated carbocycles. The van der Waals surface area contributed by atoms with E-state index in [9.17, 15) is 4.79 Å². The third-order valence-electron chi connectivity index (χ3n) is 5.25. The lowest BCUT2D eigenvalue weighted by Crippen LogP contribution is -2.49. The van der Waals surface area contributed by atoms with Crippen LogP contribution in [0.15, 0.2) is 18.2 Å². The van der Waals surface area contributed by atoms with Crippen molar-refractivity contribution in [3.63, 3.8) is 0 Å². The first-order valence-electron chi connectivity index (χ1n) is 10.1. The Morgan fingerprint density at radius 2 is 1.97 bits per heavy atom. The summed E-state index contributed by atoms with van der Waals surface area (Å²) in [4.78, 5) is 16.4. The normalized spacial score (nSPS) is 15.3. The number of amides is 1. The first-order valence-corrected chi connectivity index (χ1v) is 11.3. The Morgan fingerprint density at radius 3 is 2.70 bits per heavy atom. The molecule has 0 unspecified atom stereocenters. The minimum atomic E-state index is 0.0457. The summed E-state index contributed by atoms with van der Waals surface area (Å²) in [5.41, 5.74) is 3.52. The molecule has 1 fully saturated rings. The zero-order valence-electron chi connectivity index (χ0n) is 17.8. The zero-order chi connectivity index (χ0) is 21.5. The van der Waals surface area contributed by atoms with E-state index in [1.54, 1.807) is 7.11 Å². The molecule has 1 saturated heterocycles. The molecule has 164 valence electrons. The molecule has 2 heterocycles. The average molecular weight is 451 g/mol. The van der Waals surface area contributed by atoms with E-state index in [1.165, 1.54) is 22.5 Å². The molecule has 10 heteroatoms. The summed E-state index contributed by atoms with van der Waals surface area (Å²) in [5, 5.41) is 11.7. The fourth-order valence-electron chi connectivity index (χ4n) is 3.28. The van der Waals surface area contributed by atoms with Crippen LogP contribution in [-0.2, 0) is 16.2 Å². The highest BCUT2D eigenvalue weighted by Gasteiger charge is 2.20. The molecule has 1 aliphatic rings. The van der Waals surface area contributed by atoms with Crippen molar-refractivity contribution in [3.05, 3.63) is 33.3 Å². The van der Waals surface area contributed by atoms with Crippen LogP contribution in [0.2, 0.25) is 0 Å². The molecule has 8 nitrogen and oxygen atoms in total. The topological polar surface area (TPSA) is 74.7 Å². The molecule has 1 aromatic carbocycles. The van der Waals surface area contributed by atoms with Crippen LogP contribution >= 0.6 is 23.6 Å². The van der Waals surface area contributed by atoms with Crippen LogP contribution in [0.1, 0.15) is 11.1 Å². The summed E-state index contributed by atoms with van der Waals surface area (Å²) in [6.45, 7) is 9.84. The molecular weight excluding hydrogens is 420 g/mol. The van der Waals surface area contributed by atoms with E-state index in [-0.39, 0.29) is 5.91 Å². The van der Waals surface area contributed by atoms with Gasteiger partial charge in [-0.05, 0) is 43.3 Å². The lowest BCUT2D eigenvalue weighted by Gasteiger charge is -2.33. The van der Waals surface area contributed by atoms with Crippen LogP contribution in [0.25, 0.3) is 0 Å². The number of nitrogens with zero attached hydrogens (tertiary/aromatic N) is 4. The Balaban J connectivity index is 1.49. The van der Waals surface area contributed by atoms with Gasteiger partial charge in [0.2, 0.25) is 11.0 Å². The van der Waals surface area contributed by atoms with Gasteiger partial charge in [0.25, 0.3) is 0 Å². The highest BCUT2D eigenvalue weighted by molar-refractivity contribution is 7.73. The quantitative estimate of drug-likeness (QED) is 0.449. The Hall–Kier alpha value is -1.85. The third kappa shape index (κ3) is 6.32. The standard InChI is InChI=1S/C20H30N6O2S2/c1-15-5-4-6-17(16(15)2)22-19-23-26(20(29)30-19)14-25-10-8-24(9-11-25)13-18(27)21-7-12-28-3/h4-6H,7-14H2,1-3H3,(H,21,27)(H,22,23). The Morgan fingerprint density at radius 1 is 1.23 bits per heavy atom. The molecule has 0 atom stereocenters. The number of aromatic nitrogens is 2. The van der Waals surface area contributed by atoms with Crippen LogP contribution in [0.3, 0.4) is 0 Å². The molecule has 0 bridgehead atoms. The number of piperazine rings is 1. The van der Waals surface area contributed by atoms with Crippen molar-refractivity contribution in [2.45, 2.75) is 20.5 Å². The van der Waals surface area contributed by atoms with Crippen molar-refractivity contribution in [1.82, 2.24) is 24.9 Å². The van der Waals surface area contributed by atoms with E-state index < -0.39 is 0 Å². The smallest absolute Gasteiger partial charge is 0.234 e. The Bertz CT molecular complexity index is 905. The fourth-order valence-corrected chi connectivity index (χ4v) is 4.28. The number of hydrogen-bond acceptors (Lipinski definition) is 8. The predicted octanol–water partition coefficient (Wildman–Crippen LogP) is 2.37. The molecule has 1 aromatic heterocycles. The molecule has 2 N–H and O–H groups in total. The first-order chi connectivity index (χ1) is 14.5. The van der Waals surface area contributed by atoms with E-state index in [2.05, 4.69) is 51.5 Å². The SMILES string of the molecule is COCCNC(=O)CN1CCN(Cn2nc(Nc3cccc(C)c3C)sc2=S)CC1. The van der Waals surface area contributed by atoms with Crippen LogP contribution in [0.4, 0.5) is 10.8 Å². The molecule has 1 amide bonds. The van der Waals surface area contributed by atoms with Gasteiger partial charge in [-0.3, -0.25) is 14.6 Å². The number of methoxy groups -OCH3 is 1. The van der Waals surface area contributed by atoms with Crippen LogP contribution in [-0.4, -0.2) is 78.5 Å². The molecule has 30 heavy (non-hydrogen) atoms. The monoisotopic (exact) mass is 450 g/mol. The predicted molar refractivity (Wildman–Crippen MR) is 123 cm³/mol. The third-order valence-corrected chi connectivity index (χ3v) is 6.47. The lowest BCUT2D eigenvalue weighted by molar-refractivity contribution is -0.122. The lowest BCUT2D eigenvalue weighted by atomic mass is 10.1. The number of nitrogens with one attached hydrogen (secondary N) is 2. The van der Waals surface area contributed by atoms with Gasteiger partial charge >= 0.3 is 0 Å². The largest absolute Gasteiger partial charge is 0.383 e. The van der Waals surface area contributed by atoms with E-state index >= 15 is 0 Å². The summed E-state index contributed by atoms with van der Waals surface area (Å²) in [6, 6.07) is 6.20. The molecule has 2 aromatic rings. The highest BCUT2D eigenvalue weighted by Crippen LogP contribution is 2.25. The van der Waals surface area contributed by atoms with Gasteiger partial charge in [0.05, 0.1) is 19.8 Å². The molecule has 0 aliphatic carbocycles. The summed E-state index contributed by atoms with van der Waals surface area (Å²) in [6.07, 6.45) is 0. The van der Waals surface area contributed by atoms with Crippen molar-refractivity contribution < 1.29 is 9.53 Å². The van der Waals surface area contributed by atoms with Crippen molar-refractivity contribution in [2.75, 3.05) is 58.3 Å². The van der Waals surface area contributed by atoms with Crippen molar-refractivity contribution in [2.24, 2.45) is 0 Å². The number of aryl methyl sites for hydroxylation is 1. The van der Waals surface area contributed by atoms with Crippen LogP contribution < -0.4 is 10.6 Å². The zero-order valence-corrected chi connectivity index (χ0v) is 19.4. The minimum Gasteiger partial charge on any atom is -0.383 e. The van der Waals surface area contributed by atoms with Crippen LogP contribution in [0.5, 0.6) is 0 Å².